The van der Waals surface area contributed by atoms with Gasteiger partial charge in [0.15, 0.2) is 0 Å². The van der Waals surface area contributed by atoms with E-state index in [-0.39, 0.29) is 12.0 Å². The third-order valence-corrected chi connectivity index (χ3v) is 4.20. The van der Waals surface area contributed by atoms with Gasteiger partial charge in [0.05, 0.1) is 26.0 Å². The Morgan fingerprint density at radius 1 is 1.32 bits per heavy atom. The summed E-state index contributed by atoms with van der Waals surface area (Å²) in [5.74, 6) is 0.721. The van der Waals surface area contributed by atoms with Crippen LogP contribution < -0.4 is 9.47 Å². The predicted molar refractivity (Wildman–Crippen MR) is 94.7 cm³/mol. The molecule has 1 aromatic carbocycles. The van der Waals surface area contributed by atoms with Gasteiger partial charge in [0.1, 0.15) is 6.10 Å². The fraction of sp³-hybridized carbons (Fsp3) is 0.278. The monoisotopic (exact) mass is 359 g/mol. The number of nitrogens with zero attached hydrogens (tertiary/aromatic N) is 3. The summed E-state index contributed by atoms with van der Waals surface area (Å²) in [6.45, 7) is 1.14. The number of carbonyl (C=O) groups is 1. The molecule has 1 aliphatic heterocycles. The van der Waals surface area contributed by atoms with Gasteiger partial charge in [0.25, 0.3) is 0 Å². The van der Waals surface area contributed by atoms with Crippen LogP contribution in [-0.4, -0.2) is 47.1 Å². The van der Waals surface area contributed by atoms with E-state index in [1.165, 1.54) is 25.6 Å². The number of carbonyl (C=O) groups excluding carboxylic acids is 1. The summed E-state index contributed by atoms with van der Waals surface area (Å²) in [7, 11) is 1.52. The van der Waals surface area contributed by atoms with Crippen molar-refractivity contribution in [1.82, 2.24) is 14.9 Å². The van der Waals surface area contributed by atoms with E-state index in [2.05, 4.69) is 9.97 Å². The lowest BCUT2D eigenvalue weighted by Gasteiger charge is -2.15. The van der Waals surface area contributed by atoms with Crippen molar-refractivity contribution in [3.8, 4) is 11.8 Å². The van der Waals surface area contributed by atoms with Gasteiger partial charge in [-0.25, -0.2) is 0 Å². The van der Waals surface area contributed by atoms with E-state index in [4.69, 9.17) is 21.1 Å². The van der Waals surface area contributed by atoms with Crippen molar-refractivity contribution >= 4 is 23.6 Å². The highest BCUT2D eigenvalue weighted by atomic mass is 35.5. The van der Waals surface area contributed by atoms with Crippen LogP contribution in [0.3, 0.4) is 0 Å². The Balaban J connectivity index is 1.57. The maximum Gasteiger partial charge on any atom is 0.246 e. The van der Waals surface area contributed by atoms with Crippen molar-refractivity contribution < 1.29 is 14.3 Å². The summed E-state index contributed by atoms with van der Waals surface area (Å²) in [6, 6.07) is 7.39. The molecular weight excluding hydrogens is 342 g/mol. The quantitative estimate of drug-likeness (QED) is 0.768. The van der Waals surface area contributed by atoms with E-state index in [0.717, 1.165) is 12.0 Å². The molecule has 130 valence electrons. The SMILES string of the molecule is COc1cncc(OC2CCN(C(=O)/C=C/c3ccccc3Cl)C2)n1. The number of aromatic nitrogens is 2. The molecular formula is C18H18ClN3O3. The maximum absolute atomic E-state index is 12.3. The van der Waals surface area contributed by atoms with Gasteiger partial charge in [-0.3, -0.25) is 9.78 Å². The highest BCUT2D eigenvalue weighted by Gasteiger charge is 2.27. The van der Waals surface area contributed by atoms with Crippen molar-refractivity contribution in [2.75, 3.05) is 20.2 Å². The Labute approximate surface area is 151 Å². The average molecular weight is 360 g/mol. The maximum atomic E-state index is 12.3. The van der Waals surface area contributed by atoms with E-state index >= 15 is 0 Å². The summed E-state index contributed by atoms with van der Waals surface area (Å²) >= 11 is 6.09. The summed E-state index contributed by atoms with van der Waals surface area (Å²) in [5, 5.41) is 0.616. The van der Waals surface area contributed by atoms with E-state index in [9.17, 15) is 4.79 Å². The lowest BCUT2D eigenvalue weighted by molar-refractivity contribution is -0.125. The van der Waals surface area contributed by atoms with Crippen molar-refractivity contribution in [3.63, 3.8) is 0 Å². The van der Waals surface area contributed by atoms with Crippen molar-refractivity contribution in [3.05, 3.63) is 53.3 Å². The molecule has 0 saturated carbocycles. The molecule has 1 aliphatic rings. The third kappa shape index (κ3) is 4.48. The number of hydrogen-bond acceptors (Lipinski definition) is 5. The fourth-order valence-corrected chi connectivity index (χ4v) is 2.76. The smallest absolute Gasteiger partial charge is 0.246 e. The minimum atomic E-state index is -0.112. The first-order chi connectivity index (χ1) is 12.2. The number of hydrogen-bond donors (Lipinski definition) is 0. The van der Waals surface area contributed by atoms with Crippen LogP contribution in [0.15, 0.2) is 42.7 Å². The van der Waals surface area contributed by atoms with Crippen molar-refractivity contribution in [2.45, 2.75) is 12.5 Å². The number of benzene rings is 1. The molecule has 1 fully saturated rings. The Hall–Kier alpha value is -2.60. The van der Waals surface area contributed by atoms with Crippen LogP contribution in [-0.2, 0) is 4.79 Å². The molecule has 0 spiro atoms. The van der Waals surface area contributed by atoms with Crippen LogP contribution in [0.2, 0.25) is 5.02 Å². The largest absolute Gasteiger partial charge is 0.480 e. The molecule has 1 aromatic heterocycles. The molecule has 0 aliphatic carbocycles. The lowest BCUT2D eigenvalue weighted by atomic mass is 10.2. The van der Waals surface area contributed by atoms with Gasteiger partial charge in [0.2, 0.25) is 17.7 Å². The molecule has 7 heteroatoms. The zero-order valence-corrected chi connectivity index (χ0v) is 14.5. The van der Waals surface area contributed by atoms with Gasteiger partial charge >= 0.3 is 0 Å². The van der Waals surface area contributed by atoms with Gasteiger partial charge in [-0.05, 0) is 17.7 Å². The summed E-state index contributed by atoms with van der Waals surface area (Å²) in [5.41, 5.74) is 0.816. The number of halogens is 1. The normalized spacial score (nSPS) is 17.0. The number of rotatable bonds is 5. The highest BCUT2D eigenvalue weighted by Crippen LogP contribution is 2.19. The molecule has 0 N–H and O–H groups in total. The van der Waals surface area contributed by atoms with Crippen LogP contribution in [0, 0.1) is 0 Å². The standard InChI is InChI=1S/C18H18ClN3O3/c1-24-16-10-20-11-17(21-16)25-14-8-9-22(12-14)18(23)7-6-13-4-2-3-5-15(13)19/h2-7,10-11,14H,8-9,12H2,1H3/b7-6+. The second kappa shape index (κ2) is 7.98. The second-order valence-corrected chi connectivity index (χ2v) is 5.97. The highest BCUT2D eigenvalue weighted by molar-refractivity contribution is 6.32. The van der Waals surface area contributed by atoms with Crippen LogP contribution in [0.4, 0.5) is 0 Å². The topological polar surface area (TPSA) is 64.6 Å². The van der Waals surface area contributed by atoms with Gasteiger partial charge in [-0.2, -0.15) is 4.98 Å². The van der Waals surface area contributed by atoms with Gasteiger partial charge < -0.3 is 14.4 Å². The number of likely N-dealkylation sites (tertiary alicyclic amines) is 1. The average Bonchev–Trinajstić information content (AvgIpc) is 3.09. The Morgan fingerprint density at radius 3 is 2.92 bits per heavy atom. The second-order valence-electron chi connectivity index (χ2n) is 5.57. The minimum absolute atomic E-state index is 0.0669. The summed E-state index contributed by atoms with van der Waals surface area (Å²) in [4.78, 5) is 22.2. The van der Waals surface area contributed by atoms with Gasteiger partial charge in [-0.1, -0.05) is 29.8 Å². The summed E-state index contributed by atoms with van der Waals surface area (Å²) in [6.07, 6.45) is 6.94. The van der Waals surface area contributed by atoms with E-state index < -0.39 is 0 Å². The Kier molecular flexibility index (Phi) is 5.50. The molecule has 25 heavy (non-hydrogen) atoms. The third-order valence-electron chi connectivity index (χ3n) is 3.85. The van der Waals surface area contributed by atoms with Crippen LogP contribution in [0.5, 0.6) is 11.8 Å². The van der Waals surface area contributed by atoms with E-state index in [1.54, 1.807) is 17.0 Å². The zero-order valence-electron chi connectivity index (χ0n) is 13.8. The van der Waals surface area contributed by atoms with Crippen LogP contribution >= 0.6 is 11.6 Å². The Morgan fingerprint density at radius 2 is 2.12 bits per heavy atom. The molecule has 1 amide bonds. The van der Waals surface area contributed by atoms with Crippen molar-refractivity contribution in [2.24, 2.45) is 0 Å². The zero-order chi connectivity index (χ0) is 17.6. The minimum Gasteiger partial charge on any atom is -0.480 e. The molecule has 2 heterocycles. The van der Waals surface area contributed by atoms with E-state index in [0.29, 0.717) is 29.9 Å². The van der Waals surface area contributed by atoms with Crippen molar-refractivity contribution in [1.29, 1.82) is 0 Å². The molecule has 0 radical (unpaired) electrons. The predicted octanol–water partition coefficient (Wildman–Crippen LogP) is 2.83. The molecule has 6 nitrogen and oxygen atoms in total. The lowest BCUT2D eigenvalue weighted by Crippen LogP contribution is -2.29. The summed E-state index contributed by atoms with van der Waals surface area (Å²) < 4.78 is 10.8. The molecule has 0 bridgehead atoms. The molecule has 1 atom stereocenters. The number of methoxy groups -OCH3 is 1. The first-order valence-electron chi connectivity index (χ1n) is 7.90. The van der Waals surface area contributed by atoms with Crippen LogP contribution in [0.1, 0.15) is 12.0 Å². The molecule has 1 saturated heterocycles. The van der Waals surface area contributed by atoms with Crippen LogP contribution in [0.25, 0.3) is 6.08 Å². The van der Waals surface area contributed by atoms with E-state index in [1.807, 2.05) is 18.2 Å². The van der Waals surface area contributed by atoms with Gasteiger partial charge in [-0.15, -0.1) is 0 Å². The first-order valence-corrected chi connectivity index (χ1v) is 8.27. The Bertz CT molecular complexity index is 782. The first kappa shape index (κ1) is 17.2. The molecule has 1 unspecified atom stereocenters. The fourth-order valence-electron chi connectivity index (χ4n) is 2.56. The number of ether oxygens (including phenoxy) is 2. The molecule has 2 aromatic rings. The molecule has 3 rings (SSSR count). The number of amides is 1. The van der Waals surface area contributed by atoms with Gasteiger partial charge in [0, 0.05) is 24.1 Å².